The molecule has 14 heteroatoms. The van der Waals surface area contributed by atoms with E-state index in [-0.39, 0.29) is 23.0 Å². The van der Waals surface area contributed by atoms with Crippen molar-refractivity contribution in [3.05, 3.63) is 78.8 Å². The summed E-state index contributed by atoms with van der Waals surface area (Å²) in [7, 11) is -3.14. The summed E-state index contributed by atoms with van der Waals surface area (Å²) in [6, 6.07) is 9.10. The molecule has 0 aliphatic carbocycles. The molecule has 1 unspecified atom stereocenters. The number of nitrogens with zero attached hydrogens (tertiary/aromatic N) is 5. The maximum absolute atomic E-state index is 14.3. The maximum atomic E-state index is 14.3. The number of ether oxygens (including phenoxy) is 1. The van der Waals surface area contributed by atoms with E-state index in [2.05, 4.69) is 26.3 Å². The number of amides is 1. The number of benzene rings is 2. The second-order valence-electron chi connectivity index (χ2n) is 9.87. The molecule has 2 aromatic carbocycles. The van der Waals surface area contributed by atoms with Gasteiger partial charge in [-0.3, -0.25) is 9.52 Å². The van der Waals surface area contributed by atoms with Crippen molar-refractivity contribution in [2.75, 3.05) is 42.9 Å². The number of rotatable bonds is 8. The number of halogens is 2. The highest BCUT2D eigenvalue weighted by Gasteiger charge is 2.26. The second-order valence-corrected chi connectivity index (χ2v) is 11.5. The van der Waals surface area contributed by atoms with Gasteiger partial charge in [-0.2, -0.15) is 0 Å². The quantitative estimate of drug-likeness (QED) is 0.288. The van der Waals surface area contributed by atoms with Crippen molar-refractivity contribution in [1.29, 1.82) is 0 Å². The standard InChI is InChI=1S/C29H28F2N6O5S/c1-17(18(2)38)29(39)37-10-8-36(9-11-37)27-22-12-19(4-6-24(22)33-16-34-27)20-13-25(28(42-3)32-15-20)35-43(40,41)26-7-5-21(30)14-23(26)31/h4-7,12-16,18,35,38H,1,8-11H2,2-3H3. The van der Waals surface area contributed by atoms with Crippen molar-refractivity contribution in [2.24, 2.45) is 0 Å². The van der Waals surface area contributed by atoms with Crippen LogP contribution < -0.4 is 14.4 Å². The Kier molecular flexibility index (Phi) is 8.24. The van der Waals surface area contributed by atoms with Crippen LogP contribution in [-0.4, -0.2) is 78.7 Å². The van der Waals surface area contributed by atoms with Crippen LogP contribution in [0, 0.1) is 11.6 Å². The number of nitrogens with one attached hydrogen (secondary N) is 1. The van der Waals surface area contributed by atoms with Gasteiger partial charge in [-0.1, -0.05) is 12.6 Å². The fourth-order valence-electron chi connectivity index (χ4n) is 4.72. The number of fused-ring (bicyclic) bond motifs is 1. The Bertz CT molecular complexity index is 1830. The molecule has 5 rings (SSSR count). The largest absolute Gasteiger partial charge is 0.480 e. The Labute approximate surface area is 246 Å². The fraction of sp³-hybridized carbons (Fsp3) is 0.241. The number of pyridine rings is 1. The minimum absolute atomic E-state index is 0.0482. The zero-order valence-electron chi connectivity index (χ0n) is 23.3. The van der Waals surface area contributed by atoms with Gasteiger partial charge in [0.05, 0.1) is 18.7 Å². The number of hydrogen-bond acceptors (Lipinski definition) is 9. The number of aliphatic hydroxyl groups is 1. The van der Waals surface area contributed by atoms with E-state index >= 15 is 0 Å². The van der Waals surface area contributed by atoms with Crippen LogP contribution in [0.25, 0.3) is 22.0 Å². The third-order valence-electron chi connectivity index (χ3n) is 7.07. The van der Waals surface area contributed by atoms with E-state index < -0.39 is 32.7 Å². The van der Waals surface area contributed by atoms with Gasteiger partial charge in [0.1, 0.15) is 34.4 Å². The topological polar surface area (TPSA) is 138 Å². The summed E-state index contributed by atoms with van der Waals surface area (Å²) in [5.74, 6) is -1.83. The second kappa shape index (κ2) is 11.9. The van der Waals surface area contributed by atoms with Crippen molar-refractivity contribution in [1.82, 2.24) is 19.9 Å². The van der Waals surface area contributed by atoms with Crippen LogP contribution in [0.3, 0.4) is 0 Å². The molecule has 1 aliphatic heterocycles. The minimum atomic E-state index is -4.45. The third-order valence-corrected chi connectivity index (χ3v) is 8.46. The van der Waals surface area contributed by atoms with Crippen LogP contribution >= 0.6 is 0 Å². The zero-order valence-corrected chi connectivity index (χ0v) is 24.1. The van der Waals surface area contributed by atoms with Gasteiger partial charge in [-0.15, -0.1) is 0 Å². The van der Waals surface area contributed by atoms with Gasteiger partial charge < -0.3 is 19.6 Å². The normalized spacial score (nSPS) is 14.4. The lowest BCUT2D eigenvalue weighted by molar-refractivity contribution is -0.128. The molecule has 43 heavy (non-hydrogen) atoms. The molecule has 4 aromatic rings. The fourth-order valence-corrected chi connectivity index (χ4v) is 5.83. The first-order valence-corrected chi connectivity index (χ1v) is 14.6. The molecule has 11 nitrogen and oxygen atoms in total. The molecule has 224 valence electrons. The summed E-state index contributed by atoms with van der Waals surface area (Å²) in [6.07, 6.45) is 2.03. The molecular formula is C29H28F2N6O5S. The van der Waals surface area contributed by atoms with Crippen molar-refractivity contribution in [3.8, 4) is 17.0 Å². The first-order valence-electron chi connectivity index (χ1n) is 13.2. The summed E-state index contributed by atoms with van der Waals surface area (Å²) in [6.45, 7) is 7.00. The number of carbonyl (C=O) groups excluding carboxylic acids is 1. The molecule has 2 aromatic heterocycles. The van der Waals surface area contributed by atoms with Crippen LogP contribution in [0.5, 0.6) is 5.88 Å². The van der Waals surface area contributed by atoms with E-state index in [1.807, 2.05) is 11.0 Å². The summed E-state index contributed by atoms with van der Waals surface area (Å²) in [4.78, 5) is 28.6. The van der Waals surface area contributed by atoms with Gasteiger partial charge in [0.2, 0.25) is 5.88 Å². The highest BCUT2D eigenvalue weighted by molar-refractivity contribution is 7.92. The van der Waals surface area contributed by atoms with Gasteiger partial charge in [0.15, 0.2) is 0 Å². The summed E-state index contributed by atoms with van der Waals surface area (Å²) in [5.41, 5.74) is 1.94. The number of carbonyl (C=O) groups is 1. The van der Waals surface area contributed by atoms with Crippen LogP contribution in [-0.2, 0) is 14.8 Å². The van der Waals surface area contributed by atoms with E-state index in [9.17, 15) is 27.1 Å². The highest BCUT2D eigenvalue weighted by atomic mass is 32.2. The molecule has 0 spiro atoms. The molecule has 0 radical (unpaired) electrons. The predicted octanol–water partition coefficient (Wildman–Crippen LogP) is 3.37. The maximum Gasteiger partial charge on any atom is 0.264 e. The molecule has 3 heterocycles. The lowest BCUT2D eigenvalue weighted by Gasteiger charge is -2.36. The number of anilines is 2. The average Bonchev–Trinajstić information content (AvgIpc) is 2.99. The third kappa shape index (κ3) is 6.10. The zero-order chi connectivity index (χ0) is 30.9. The SMILES string of the molecule is C=C(C(=O)N1CCN(c2ncnc3ccc(-c4cnc(OC)c(NS(=O)(=O)c5ccc(F)cc5F)c4)cc23)CC1)C(C)O. The van der Waals surface area contributed by atoms with Crippen molar-refractivity contribution < 1.29 is 31.8 Å². The molecule has 1 saturated heterocycles. The van der Waals surface area contributed by atoms with Crippen molar-refractivity contribution in [3.63, 3.8) is 0 Å². The first-order chi connectivity index (χ1) is 20.5. The smallest absolute Gasteiger partial charge is 0.264 e. The molecule has 0 bridgehead atoms. The summed E-state index contributed by atoms with van der Waals surface area (Å²) < 4.78 is 61.1. The van der Waals surface area contributed by atoms with Gasteiger partial charge in [-0.25, -0.2) is 32.2 Å². The van der Waals surface area contributed by atoms with Gasteiger partial charge in [0, 0.05) is 55.0 Å². The number of aliphatic hydroxyl groups excluding tert-OH is 1. The van der Waals surface area contributed by atoms with Gasteiger partial charge in [0.25, 0.3) is 15.9 Å². The van der Waals surface area contributed by atoms with E-state index in [1.165, 1.54) is 32.6 Å². The van der Waals surface area contributed by atoms with Gasteiger partial charge in [-0.05, 0) is 42.8 Å². The monoisotopic (exact) mass is 610 g/mol. The van der Waals surface area contributed by atoms with Crippen LogP contribution in [0.2, 0.25) is 0 Å². The first kappa shape index (κ1) is 29.8. The van der Waals surface area contributed by atoms with E-state index in [4.69, 9.17) is 4.74 Å². The highest BCUT2D eigenvalue weighted by Crippen LogP contribution is 2.33. The number of piperazine rings is 1. The lowest BCUT2D eigenvalue weighted by Crippen LogP contribution is -2.50. The molecule has 1 amide bonds. The van der Waals surface area contributed by atoms with Crippen LogP contribution in [0.1, 0.15) is 6.92 Å². The number of methoxy groups -OCH3 is 1. The minimum Gasteiger partial charge on any atom is -0.480 e. The Hall–Kier alpha value is -4.69. The number of sulfonamides is 1. The molecule has 1 aliphatic rings. The van der Waals surface area contributed by atoms with Crippen molar-refractivity contribution in [2.45, 2.75) is 17.9 Å². The van der Waals surface area contributed by atoms with Crippen LogP contribution in [0.4, 0.5) is 20.3 Å². The number of aromatic nitrogens is 3. The molecule has 0 saturated carbocycles. The van der Waals surface area contributed by atoms with E-state index in [0.29, 0.717) is 54.7 Å². The molecule has 2 N–H and O–H groups in total. The average molecular weight is 611 g/mol. The Morgan fingerprint density at radius 1 is 1.05 bits per heavy atom. The van der Waals surface area contributed by atoms with Crippen LogP contribution in [0.15, 0.2) is 72.0 Å². The Balaban J connectivity index is 1.44. The Morgan fingerprint density at radius 2 is 1.79 bits per heavy atom. The molecule has 1 fully saturated rings. The van der Waals surface area contributed by atoms with Gasteiger partial charge >= 0.3 is 0 Å². The number of hydrogen-bond donors (Lipinski definition) is 2. The summed E-state index contributed by atoms with van der Waals surface area (Å²) in [5, 5.41) is 10.4. The predicted molar refractivity (Wildman–Crippen MR) is 156 cm³/mol. The summed E-state index contributed by atoms with van der Waals surface area (Å²) >= 11 is 0. The molecular weight excluding hydrogens is 582 g/mol. The van der Waals surface area contributed by atoms with E-state index in [1.54, 1.807) is 17.0 Å². The Morgan fingerprint density at radius 3 is 2.47 bits per heavy atom. The van der Waals surface area contributed by atoms with Crippen molar-refractivity contribution >= 4 is 38.3 Å². The lowest BCUT2D eigenvalue weighted by atomic mass is 10.0. The van der Waals surface area contributed by atoms with E-state index in [0.717, 1.165) is 17.5 Å². The molecule has 1 atom stereocenters.